The summed E-state index contributed by atoms with van der Waals surface area (Å²) in [7, 11) is 0. The number of likely N-dealkylation sites (tertiary alicyclic amines) is 1. The lowest BCUT2D eigenvalue weighted by Gasteiger charge is -2.37. The van der Waals surface area contributed by atoms with Gasteiger partial charge in [-0.3, -0.25) is 14.5 Å². The Balaban J connectivity index is 1.36. The summed E-state index contributed by atoms with van der Waals surface area (Å²) in [5.74, 6) is 1.74. The van der Waals surface area contributed by atoms with Crippen LogP contribution in [-0.4, -0.2) is 23.4 Å². The van der Waals surface area contributed by atoms with Crippen molar-refractivity contribution in [2.75, 3.05) is 12.0 Å². The van der Waals surface area contributed by atoms with Crippen molar-refractivity contribution in [3.05, 3.63) is 40.9 Å². The zero-order chi connectivity index (χ0) is 15.7. The molecule has 1 aliphatic heterocycles. The number of nitrogens with zero attached hydrogens (tertiary/aromatic N) is 1. The average molecular weight is 373 g/mol. The molecule has 2 bridgehead atoms. The maximum atomic E-state index is 12.8. The van der Waals surface area contributed by atoms with E-state index in [1.807, 2.05) is 24.3 Å². The van der Waals surface area contributed by atoms with E-state index >= 15 is 0 Å². The van der Waals surface area contributed by atoms with Crippen LogP contribution in [0.1, 0.15) is 6.42 Å². The number of amides is 2. The highest BCUT2D eigenvalue weighted by atomic mass is 79.9. The molecule has 4 nitrogen and oxygen atoms in total. The number of benzene rings is 1. The molecule has 0 radical (unpaired) electrons. The number of anilines is 1. The Bertz CT molecular complexity index is 693. The summed E-state index contributed by atoms with van der Waals surface area (Å²) in [6, 6.07) is 7.74. The number of hydrogen-bond acceptors (Lipinski definition) is 3. The summed E-state index contributed by atoms with van der Waals surface area (Å²) in [5.41, 5.74) is 0.910. The van der Waals surface area contributed by atoms with Crippen molar-refractivity contribution in [3.8, 4) is 0 Å². The third-order valence-electron chi connectivity index (χ3n) is 6.04. The molecule has 6 rings (SSSR count). The molecule has 5 aliphatic rings. The number of hydrogen-bond donors (Lipinski definition) is 1. The molecule has 1 aromatic carbocycles. The molecule has 1 aromatic rings. The second-order valence-corrected chi connectivity index (χ2v) is 8.02. The highest BCUT2D eigenvalue weighted by molar-refractivity contribution is 9.10. The molecule has 1 N–H and O–H groups in total. The fraction of sp³-hybridized carbons (Fsp3) is 0.444. The molecule has 23 heavy (non-hydrogen) atoms. The van der Waals surface area contributed by atoms with Crippen molar-refractivity contribution in [3.63, 3.8) is 0 Å². The van der Waals surface area contributed by atoms with Crippen molar-refractivity contribution < 1.29 is 9.59 Å². The van der Waals surface area contributed by atoms with E-state index in [0.717, 1.165) is 10.2 Å². The molecule has 0 unspecified atom stereocenters. The van der Waals surface area contributed by atoms with Crippen LogP contribution in [-0.2, 0) is 9.59 Å². The molecule has 6 atom stereocenters. The summed E-state index contributed by atoms with van der Waals surface area (Å²) >= 11 is 3.40. The van der Waals surface area contributed by atoms with Gasteiger partial charge in [-0.1, -0.05) is 28.1 Å². The second-order valence-electron chi connectivity index (χ2n) is 7.10. The van der Waals surface area contributed by atoms with E-state index in [1.54, 1.807) is 0 Å². The maximum absolute atomic E-state index is 12.8. The van der Waals surface area contributed by atoms with Crippen LogP contribution < -0.4 is 5.32 Å². The molecule has 3 fully saturated rings. The lowest BCUT2D eigenvalue weighted by molar-refractivity contribution is -0.139. The van der Waals surface area contributed by atoms with Gasteiger partial charge in [0.2, 0.25) is 11.8 Å². The Morgan fingerprint density at radius 1 is 1.00 bits per heavy atom. The highest BCUT2D eigenvalue weighted by Crippen LogP contribution is 2.65. The van der Waals surface area contributed by atoms with Gasteiger partial charge in [0.25, 0.3) is 0 Å². The number of nitrogens with one attached hydrogen (secondary N) is 1. The fourth-order valence-corrected chi connectivity index (χ4v) is 5.18. The molecular formula is C18H17BrN2O2. The fourth-order valence-electron chi connectivity index (χ4n) is 4.91. The van der Waals surface area contributed by atoms with Gasteiger partial charge in [0, 0.05) is 10.2 Å². The van der Waals surface area contributed by atoms with Crippen molar-refractivity contribution in [1.82, 2.24) is 4.90 Å². The number of carbonyl (C=O) groups is 2. The first kappa shape index (κ1) is 13.8. The topological polar surface area (TPSA) is 49.4 Å². The van der Waals surface area contributed by atoms with Gasteiger partial charge in [-0.15, -0.1) is 0 Å². The Kier molecular flexibility index (Phi) is 2.81. The largest absolute Gasteiger partial charge is 0.367 e. The smallest absolute Gasteiger partial charge is 0.235 e. The Labute approximate surface area is 143 Å². The van der Waals surface area contributed by atoms with Gasteiger partial charge in [-0.25, -0.2) is 0 Å². The molecular weight excluding hydrogens is 356 g/mol. The summed E-state index contributed by atoms with van der Waals surface area (Å²) in [5, 5.41) is 3.20. The minimum Gasteiger partial charge on any atom is -0.367 e. The van der Waals surface area contributed by atoms with Crippen LogP contribution in [0.2, 0.25) is 0 Å². The monoisotopic (exact) mass is 372 g/mol. The van der Waals surface area contributed by atoms with Crippen LogP contribution in [0.3, 0.4) is 0 Å². The lowest BCUT2D eigenvalue weighted by atomic mass is 9.63. The van der Waals surface area contributed by atoms with Crippen molar-refractivity contribution in [1.29, 1.82) is 0 Å². The quantitative estimate of drug-likeness (QED) is 0.655. The van der Waals surface area contributed by atoms with Gasteiger partial charge in [0.15, 0.2) is 0 Å². The SMILES string of the molecule is O=C1[C@@H]2[C@@H]3C=C[C@H]([C@H]4C[C@@H]34)[C@@H]2C(=O)N1CNc1ccc(Br)cc1. The molecule has 2 amide bonds. The normalized spacial score (nSPS) is 39.4. The first-order valence-corrected chi connectivity index (χ1v) is 8.97. The van der Waals surface area contributed by atoms with Crippen LogP contribution in [0.4, 0.5) is 5.69 Å². The van der Waals surface area contributed by atoms with E-state index in [4.69, 9.17) is 0 Å². The molecule has 2 saturated carbocycles. The van der Waals surface area contributed by atoms with E-state index in [-0.39, 0.29) is 30.3 Å². The first-order valence-electron chi connectivity index (χ1n) is 8.18. The molecule has 0 aromatic heterocycles. The summed E-state index contributed by atoms with van der Waals surface area (Å²) < 4.78 is 1.00. The van der Waals surface area contributed by atoms with Gasteiger partial charge < -0.3 is 5.32 Å². The molecule has 1 saturated heterocycles. The van der Waals surface area contributed by atoms with Gasteiger partial charge in [-0.05, 0) is 54.4 Å². The first-order chi connectivity index (χ1) is 11.1. The third-order valence-corrected chi connectivity index (χ3v) is 6.57. The molecule has 1 heterocycles. The Morgan fingerprint density at radius 3 is 2.13 bits per heavy atom. The van der Waals surface area contributed by atoms with Crippen LogP contribution >= 0.6 is 15.9 Å². The summed E-state index contributed by atoms with van der Waals surface area (Å²) in [6.07, 6.45) is 5.61. The zero-order valence-corrected chi connectivity index (χ0v) is 14.1. The second kappa shape index (κ2) is 4.69. The number of halogens is 1. The number of rotatable bonds is 3. The minimum absolute atomic E-state index is 0.0225. The van der Waals surface area contributed by atoms with E-state index < -0.39 is 0 Å². The average Bonchev–Trinajstić information content (AvgIpc) is 3.33. The molecule has 4 aliphatic carbocycles. The standard InChI is InChI=1S/C18H17BrN2O2/c19-9-1-3-10(4-2-9)20-8-21-17(22)15-11-5-6-12(14-7-13(11)14)16(15)18(21)23/h1-6,11-16,20H,7-8H2/t11-,12-,13-,14+,15+,16-/m1/s1. The number of imide groups is 1. The van der Waals surface area contributed by atoms with Crippen molar-refractivity contribution >= 4 is 33.4 Å². The highest BCUT2D eigenvalue weighted by Gasteiger charge is 2.66. The van der Waals surface area contributed by atoms with Crippen LogP contribution in [0.5, 0.6) is 0 Å². The van der Waals surface area contributed by atoms with Gasteiger partial charge >= 0.3 is 0 Å². The van der Waals surface area contributed by atoms with E-state index in [9.17, 15) is 9.59 Å². The van der Waals surface area contributed by atoms with Gasteiger partial charge in [-0.2, -0.15) is 0 Å². The minimum atomic E-state index is -0.104. The van der Waals surface area contributed by atoms with E-state index in [2.05, 4.69) is 33.4 Å². The number of allylic oxidation sites excluding steroid dienone is 2. The van der Waals surface area contributed by atoms with Crippen molar-refractivity contribution in [2.24, 2.45) is 35.5 Å². The van der Waals surface area contributed by atoms with Crippen LogP contribution in [0, 0.1) is 35.5 Å². The summed E-state index contributed by atoms with van der Waals surface area (Å²) in [4.78, 5) is 27.0. The maximum Gasteiger partial charge on any atom is 0.235 e. The zero-order valence-electron chi connectivity index (χ0n) is 12.5. The van der Waals surface area contributed by atoms with E-state index in [1.165, 1.54) is 11.3 Å². The predicted molar refractivity (Wildman–Crippen MR) is 89.2 cm³/mol. The Hall–Kier alpha value is -1.62. The number of carbonyl (C=O) groups excluding carboxylic acids is 2. The Morgan fingerprint density at radius 2 is 1.57 bits per heavy atom. The predicted octanol–water partition coefficient (Wildman–Crippen LogP) is 2.87. The summed E-state index contributed by atoms with van der Waals surface area (Å²) in [6.45, 7) is 0.265. The lowest BCUT2D eigenvalue weighted by Crippen LogP contribution is -2.40. The molecule has 118 valence electrons. The van der Waals surface area contributed by atoms with Gasteiger partial charge in [0.1, 0.15) is 0 Å². The van der Waals surface area contributed by atoms with E-state index in [0.29, 0.717) is 23.7 Å². The van der Waals surface area contributed by atoms with Crippen LogP contribution in [0.25, 0.3) is 0 Å². The van der Waals surface area contributed by atoms with Crippen LogP contribution in [0.15, 0.2) is 40.9 Å². The van der Waals surface area contributed by atoms with Gasteiger partial charge in [0.05, 0.1) is 18.5 Å². The molecule has 5 heteroatoms. The van der Waals surface area contributed by atoms with Crippen molar-refractivity contribution in [2.45, 2.75) is 6.42 Å². The third kappa shape index (κ3) is 1.89. The molecule has 0 spiro atoms.